The average Bonchev–Trinajstić information content (AvgIpc) is 2.25. The number of nitrogens with two attached hydrogens (primary N) is 1. The van der Waals surface area contributed by atoms with Gasteiger partial charge < -0.3 is 11.1 Å². The minimum Gasteiger partial charge on any atom is -0.330 e. The first kappa shape index (κ1) is 12.0. The van der Waals surface area contributed by atoms with Crippen LogP contribution in [-0.4, -0.2) is 43.7 Å². The summed E-state index contributed by atoms with van der Waals surface area (Å²) in [6.45, 7) is 7.85. The van der Waals surface area contributed by atoms with Crippen molar-refractivity contribution in [3.05, 3.63) is 0 Å². The van der Waals surface area contributed by atoms with Crippen LogP contribution in [0.5, 0.6) is 0 Å². The third-order valence-corrected chi connectivity index (χ3v) is 2.95. The Morgan fingerprint density at radius 2 is 2.29 bits per heavy atom. The van der Waals surface area contributed by atoms with Gasteiger partial charge in [0.2, 0.25) is 0 Å². The first-order valence-corrected chi connectivity index (χ1v) is 6.03. The number of hydrogen-bond donors (Lipinski definition) is 2. The zero-order valence-corrected chi connectivity index (χ0v) is 9.47. The molecule has 3 N–H and O–H groups in total. The fourth-order valence-corrected chi connectivity index (χ4v) is 2.20. The summed E-state index contributed by atoms with van der Waals surface area (Å²) in [5, 5.41) is 3.48. The molecule has 0 saturated carbocycles. The zero-order valence-electron chi connectivity index (χ0n) is 9.47. The lowest BCUT2D eigenvalue weighted by Crippen LogP contribution is -2.46. The van der Waals surface area contributed by atoms with E-state index >= 15 is 0 Å². The van der Waals surface area contributed by atoms with Crippen LogP contribution in [0.15, 0.2) is 0 Å². The van der Waals surface area contributed by atoms with Crippen LogP contribution in [0.25, 0.3) is 0 Å². The van der Waals surface area contributed by atoms with Crippen LogP contribution >= 0.6 is 0 Å². The smallest absolute Gasteiger partial charge is 0.0221 e. The lowest BCUT2D eigenvalue weighted by atomic mass is 10.1. The van der Waals surface area contributed by atoms with Crippen molar-refractivity contribution in [1.29, 1.82) is 0 Å². The molecule has 0 radical (unpaired) electrons. The maximum absolute atomic E-state index is 5.56. The summed E-state index contributed by atoms with van der Waals surface area (Å²) in [4.78, 5) is 2.61. The molecule has 0 amide bonds. The molecule has 0 aromatic heterocycles. The molecule has 14 heavy (non-hydrogen) atoms. The summed E-state index contributed by atoms with van der Waals surface area (Å²) >= 11 is 0. The van der Waals surface area contributed by atoms with E-state index in [2.05, 4.69) is 17.1 Å². The molecular weight excluding hydrogens is 174 g/mol. The molecule has 1 heterocycles. The molecule has 0 bridgehead atoms. The first-order valence-electron chi connectivity index (χ1n) is 6.03. The van der Waals surface area contributed by atoms with Gasteiger partial charge in [0.15, 0.2) is 0 Å². The SMILES string of the molecule is CCCN(CCCN)C1CCCNC1. The van der Waals surface area contributed by atoms with E-state index in [1.54, 1.807) is 0 Å². The molecule has 1 unspecified atom stereocenters. The van der Waals surface area contributed by atoms with E-state index in [4.69, 9.17) is 5.73 Å². The normalized spacial score (nSPS) is 22.9. The first-order chi connectivity index (χ1) is 6.88. The third-order valence-electron chi connectivity index (χ3n) is 2.95. The van der Waals surface area contributed by atoms with E-state index in [0.717, 1.165) is 19.0 Å². The lowest BCUT2D eigenvalue weighted by Gasteiger charge is -2.34. The number of rotatable bonds is 6. The molecule has 3 heteroatoms. The molecule has 1 rings (SSSR count). The van der Waals surface area contributed by atoms with Crippen molar-refractivity contribution in [1.82, 2.24) is 10.2 Å². The summed E-state index contributed by atoms with van der Waals surface area (Å²) in [6.07, 6.45) is 5.07. The van der Waals surface area contributed by atoms with E-state index < -0.39 is 0 Å². The van der Waals surface area contributed by atoms with Crippen LogP contribution in [-0.2, 0) is 0 Å². The highest BCUT2D eigenvalue weighted by molar-refractivity contribution is 4.78. The van der Waals surface area contributed by atoms with Crippen LogP contribution in [0, 0.1) is 0 Å². The molecule has 1 atom stereocenters. The van der Waals surface area contributed by atoms with Gasteiger partial charge in [-0.3, -0.25) is 4.90 Å². The number of nitrogens with one attached hydrogen (secondary N) is 1. The Morgan fingerprint density at radius 1 is 1.43 bits per heavy atom. The third kappa shape index (κ3) is 3.95. The van der Waals surface area contributed by atoms with Gasteiger partial charge in [0.25, 0.3) is 0 Å². The van der Waals surface area contributed by atoms with E-state index in [0.29, 0.717) is 0 Å². The number of piperidine rings is 1. The Bertz CT molecular complexity index is 132. The highest BCUT2D eigenvalue weighted by atomic mass is 15.2. The van der Waals surface area contributed by atoms with Gasteiger partial charge in [-0.05, 0) is 51.9 Å². The fraction of sp³-hybridized carbons (Fsp3) is 1.00. The van der Waals surface area contributed by atoms with E-state index in [1.165, 1.54) is 45.4 Å². The molecule has 84 valence electrons. The van der Waals surface area contributed by atoms with E-state index in [1.807, 2.05) is 0 Å². The van der Waals surface area contributed by atoms with Gasteiger partial charge in [-0.1, -0.05) is 6.92 Å². The second kappa shape index (κ2) is 7.21. The molecule has 1 saturated heterocycles. The molecule has 0 aromatic rings. The second-order valence-corrected chi connectivity index (χ2v) is 4.18. The van der Waals surface area contributed by atoms with Gasteiger partial charge in [0.1, 0.15) is 0 Å². The largest absolute Gasteiger partial charge is 0.330 e. The molecule has 0 aromatic carbocycles. The fourth-order valence-electron chi connectivity index (χ4n) is 2.20. The quantitative estimate of drug-likeness (QED) is 0.665. The standard InChI is InChI=1S/C11H25N3/c1-2-8-14(9-4-6-12)11-5-3-7-13-10-11/h11,13H,2-10,12H2,1H3. The Morgan fingerprint density at radius 3 is 2.86 bits per heavy atom. The summed E-state index contributed by atoms with van der Waals surface area (Å²) in [6, 6.07) is 0.759. The highest BCUT2D eigenvalue weighted by Gasteiger charge is 2.19. The minimum atomic E-state index is 0.759. The van der Waals surface area contributed by atoms with Crippen molar-refractivity contribution in [2.24, 2.45) is 5.73 Å². The van der Waals surface area contributed by atoms with Gasteiger partial charge in [0.05, 0.1) is 0 Å². The average molecular weight is 199 g/mol. The minimum absolute atomic E-state index is 0.759. The summed E-state index contributed by atoms with van der Waals surface area (Å²) in [5.41, 5.74) is 5.56. The van der Waals surface area contributed by atoms with Gasteiger partial charge >= 0.3 is 0 Å². The summed E-state index contributed by atoms with van der Waals surface area (Å²) in [5.74, 6) is 0. The Balaban J connectivity index is 2.30. The maximum atomic E-state index is 5.56. The van der Waals surface area contributed by atoms with Crippen LogP contribution < -0.4 is 11.1 Å². The van der Waals surface area contributed by atoms with Gasteiger partial charge in [0, 0.05) is 12.6 Å². The van der Waals surface area contributed by atoms with Crippen LogP contribution in [0.4, 0.5) is 0 Å². The molecule has 1 aliphatic rings. The van der Waals surface area contributed by atoms with Crippen molar-refractivity contribution >= 4 is 0 Å². The topological polar surface area (TPSA) is 41.3 Å². The second-order valence-electron chi connectivity index (χ2n) is 4.18. The zero-order chi connectivity index (χ0) is 10.2. The van der Waals surface area contributed by atoms with Gasteiger partial charge in [-0.15, -0.1) is 0 Å². The number of nitrogens with zero attached hydrogens (tertiary/aromatic N) is 1. The van der Waals surface area contributed by atoms with Crippen molar-refractivity contribution in [3.63, 3.8) is 0 Å². The van der Waals surface area contributed by atoms with Crippen molar-refractivity contribution in [2.75, 3.05) is 32.7 Å². The van der Waals surface area contributed by atoms with Gasteiger partial charge in [-0.2, -0.15) is 0 Å². The van der Waals surface area contributed by atoms with Crippen molar-refractivity contribution in [2.45, 2.75) is 38.6 Å². The van der Waals surface area contributed by atoms with E-state index in [9.17, 15) is 0 Å². The predicted molar refractivity (Wildman–Crippen MR) is 61.4 cm³/mol. The van der Waals surface area contributed by atoms with Crippen molar-refractivity contribution < 1.29 is 0 Å². The molecule has 1 aliphatic heterocycles. The van der Waals surface area contributed by atoms with Gasteiger partial charge in [-0.25, -0.2) is 0 Å². The highest BCUT2D eigenvalue weighted by Crippen LogP contribution is 2.11. The molecule has 0 aliphatic carbocycles. The van der Waals surface area contributed by atoms with Crippen molar-refractivity contribution in [3.8, 4) is 0 Å². The Labute approximate surface area is 88.0 Å². The Kier molecular flexibility index (Phi) is 6.15. The summed E-state index contributed by atoms with van der Waals surface area (Å²) < 4.78 is 0. The predicted octanol–water partition coefficient (Wildman–Crippen LogP) is 0.799. The summed E-state index contributed by atoms with van der Waals surface area (Å²) in [7, 11) is 0. The molecule has 3 nitrogen and oxygen atoms in total. The maximum Gasteiger partial charge on any atom is 0.0221 e. The number of hydrogen-bond acceptors (Lipinski definition) is 3. The monoisotopic (exact) mass is 199 g/mol. The molecule has 0 spiro atoms. The molecular formula is C11H25N3. The van der Waals surface area contributed by atoms with E-state index in [-0.39, 0.29) is 0 Å². The van der Waals surface area contributed by atoms with Crippen LogP contribution in [0.3, 0.4) is 0 Å². The molecule has 1 fully saturated rings. The lowest BCUT2D eigenvalue weighted by molar-refractivity contribution is 0.165. The Hall–Kier alpha value is -0.120. The van der Waals surface area contributed by atoms with Crippen LogP contribution in [0.1, 0.15) is 32.6 Å². The van der Waals surface area contributed by atoms with Crippen LogP contribution in [0.2, 0.25) is 0 Å².